The van der Waals surface area contributed by atoms with Gasteiger partial charge in [-0.3, -0.25) is 0 Å². The second kappa shape index (κ2) is 6.42. The van der Waals surface area contributed by atoms with Crippen LogP contribution in [0.2, 0.25) is 0 Å². The molecule has 0 heterocycles. The summed E-state index contributed by atoms with van der Waals surface area (Å²) >= 11 is 3.28. The molecule has 0 aliphatic heterocycles. The number of amides is 1. The van der Waals surface area contributed by atoms with Crippen molar-refractivity contribution in [1.29, 1.82) is 0 Å². The van der Waals surface area contributed by atoms with Crippen molar-refractivity contribution in [3.05, 3.63) is 28.7 Å². The van der Waals surface area contributed by atoms with Crippen LogP contribution in [0.15, 0.2) is 28.7 Å². The molecule has 0 saturated heterocycles. The highest BCUT2D eigenvalue weighted by Gasteiger charge is 2.02. The van der Waals surface area contributed by atoms with Crippen LogP contribution < -0.4 is 10.1 Å². The van der Waals surface area contributed by atoms with Crippen LogP contribution in [0.1, 0.15) is 6.42 Å². The topological polar surface area (TPSA) is 58.6 Å². The van der Waals surface area contributed by atoms with Crippen molar-refractivity contribution in [2.24, 2.45) is 0 Å². The van der Waals surface area contributed by atoms with Gasteiger partial charge in [0, 0.05) is 17.6 Å². The smallest absolute Gasteiger partial charge is 0.410 e. The number of ether oxygens (including phenoxy) is 1. The van der Waals surface area contributed by atoms with Crippen LogP contribution in [0.25, 0.3) is 0 Å². The van der Waals surface area contributed by atoms with Crippen molar-refractivity contribution < 1.29 is 14.6 Å². The van der Waals surface area contributed by atoms with Crippen molar-refractivity contribution in [3.63, 3.8) is 0 Å². The summed E-state index contributed by atoms with van der Waals surface area (Å²) in [5, 5.41) is 11.0. The van der Waals surface area contributed by atoms with Crippen LogP contribution >= 0.6 is 15.9 Å². The van der Waals surface area contributed by atoms with Gasteiger partial charge in [0.25, 0.3) is 0 Å². The first kappa shape index (κ1) is 12.0. The number of halogens is 1. The lowest BCUT2D eigenvalue weighted by Crippen LogP contribution is -2.28. The quantitative estimate of drug-likeness (QED) is 0.825. The number of rotatable bonds is 4. The number of carbonyl (C=O) groups excluding carboxylic acids is 1. The van der Waals surface area contributed by atoms with Gasteiger partial charge >= 0.3 is 6.09 Å². The highest BCUT2D eigenvalue weighted by molar-refractivity contribution is 9.10. The number of hydrogen-bond donors (Lipinski definition) is 2. The fraction of sp³-hybridized carbons (Fsp3) is 0.300. The van der Waals surface area contributed by atoms with Crippen molar-refractivity contribution >= 4 is 22.0 Å². The Morgan fingerprint density at radius 2 is 2.07 bits per heavy atom. The molecule has 15 heavy (non-hydrogen) atoms. The van der Waals surface area contributed by atoms with Crippen LogP contribution in [0.3, 0.4) is 0 Å². The van der Waals surface area contributed by atoms with E-state index < -0.39 is 6.09 Å². The molecule has 0 aliphatic rings. The minimum Gasteiger partial charge on any atom is -0.410 e. The third-order valence-electron chi connectivity index (χ3n) is 1.63. The first-order chi connectivity index (χ1) is 7.22. The molecule has 4 nitrogen and oxygen atoms in total. The Labute approximate surface area is 96.4 Å². The molecule has 1 rings (SSSR count). The molecule has 0 bridgehead atoms. The van der Waals surface area contributed by atoms with E-state index in [0.29, 0.717) is 18.7 Å². The molecule has 0 saturated carbocycles. The molecule has 0 aromatic heterocycles. The summed E-state index contributed by atoms with van der Waals surface area (Å²) in [6.07, 6.45) is 0.0147. The van der Waals surface area contributed by atoms with Gasteiger partial charge in [-0.1, -0.05) is 15.9 Å². The highest BCUT2D eigenvalue weighted by Crippen LogP contribution is 2.15. The Hall–Kier alpha value is -1.07. The molecule has 5 heteroatoms. The largest absolute Gasteiger partial charge is 0.412 e. The first-order valence-corrected chi connectivity index (χ1v) is 5.34. The maximum absolute atomic E-state index is 11.1. The fourth-order valence-electron chi connectivity index (χ4n) is 0.915. The van der Waals surface area contributed by atoms with E-state index in [1.54, 1.807) is 24.3 Å². The zero-order chi connectivity index (χ0) is 11.1. The molecule has 82 valence electrons. The summed E-state index contributed by atoms with van der Waals surface area (Å²) in [5.74, 6) is 0.486. The third kappa shape index (κ3) is 4.80. The van der Waals surface area contributed by atoms with E-state index in [0.717, 1.165) is 4.47 Å². The lowest BCUT2D eigenvalue weighted by atomic mass is 10.3. The highest BCUT2D eigenvalue weighted by atomic mass is 79.9. The minimum absolute atomic E-state index is 0.0541. The van der Waals surface area contributed by atoms with Gasteiger partial charge in [-0.25, -0.2) is 4.79 Å². The lowest BCUT2D eigenvalue weighted by Gasteiger charge is -2.05. The van der Waals surface area contributed by atoms with E-state index in [9.17, 15) is 4.79 Å². The van der Waals surface area contributed by atoms with Crippen LogP contribution in [-0.4, -0.2) is 24.4 Å². The molecule has 1 aromatic rings. The van der Waals surface area contributed by atoms with Crippen LogP contribution in [-0.2, 0) is 0 Å². The standard InChI is InChI=1S/C10H12BrNO3/c11-8-2-4-9(5-3-8)15-10(14)12-6-1-7-13/h2-5,13H,1,6-7H2,(H,12,14). The Morgan fingerprint density at radius 1 is 1.40 bits per heavy atom. The summed E-state index contributed by atoms with van der Waals surface area (Å²) in [4.78, 5) is 11.1. The molecular weight excluding hydrogens is 262 g/mol. The number of aliphatic hydroxyl groups is 1. The normalized spacial score (nSPS) is 9.73. The first-order valence-electron chi connectivity index (χ1n) is 4.54. The molecule has 1 aromatic carbocycles. The second-order valence-electron chi connectivity index (χ2n) is 2.85. The van der Waals surface area contributed by atoms with E-state index in [4.69, 9.17) is 9.84 Å². The van der Waals surface area contributed by atoms with Crippen LogP contribution in [0.4, 0.5) is 4.79 Å². The molecule has 0 fully saturated rings. The molecule has 0 radical (unpaired) electrons. The van der Waals surface area contributed by atoms with Gasteiger partial charge in [-0.15, -0.1) is 0 Å². The van der Waals surface area contributed by atoms with Gasteiger partial charge in [0.05, 0.1) is 0 Å². The van der Waals surface area contributed by atoms with Crippen molar-refractivity contribution in [3.8, 4) is 5.75 Å². The Bertz CT molecular complexity index is 313. The van der Waals surface area contributed by atoms with E-state index >= 15 is 0 Å². The summed E-state index contributed by atoms with van der Waals surface area (Å²) < 4.78 is 5.89. The lowest BCUT2D eigenvalue weighted by molar-refractivity contribution is 0.199. The van der Waals surface area contributed by atoms with Gasteiger partial charge in [0.15, 0.2) is 0 Å². The summed E-state index contributed by atoms with van der Waals surface area (Å²) in [5.41, 5.74) is 0. The summed E-state index contributed by atoms with van der Waals surface area (Å²) in [6.45, 7) is 0.463. The van der Waals surface area contributed by atoms with Gasteiger partial charge in [0.2, 0.25) is 0 Å². The minimum atomic E-state index is -0.509. The predicted octanol–water partition coefficient (Wildman–Crippen LogP) is 1.92. The molecule has 0 unspecified atom stereocenters. The zero-order valence-corrected chi connectivity index (χ0v) is 9.66. The van der Waals surface area contributed by atoms with E-state index in [2.05, 4.69) is 21.2 Å². The van der Waals surface area contributed by atoms with E-state index in [1.807, 2.05) is 0 Å². The molecule has 0 atom stereocenters. The average Bonchev–Trinajstić information content (AvgIpc) is 2.22. The molecule has 2 N–H and O–H groups in total. The number of carbonyl (C=O) groups is 1. The van der Waals surface area contributed by atoms with Gasteiger partial charge < -0.3 is 15.2 Å². The summed E-state index contributed by atoms with van der Waals surface area (Å²) in [7, 11) is 0. The van der Waals surface area contributed by atoms with Crippen LogP contribution in [0, 0.1) is 0 Å². The maximum atomic E-state index is 11.1. The van der Waals surface area contributed by atoms with Gasteiger partial charge in [0.1, 0.15) is 5.75 Å². The number of hydrogen-bond acceptors (Lipinski definition) is 3. The Morgan fingerprint density at radius 3 is 2.67 bits per heavy atom. The third-order valence-corrected chi connectivity index (χ3v) is 2.16. The monoisotopic (exact) mass is 273 g/mol. The Kier molecular flexibility index (Phi) is 5.14. The Balaban J connectivity index is 2.34. The van der Waals surface area contributed by atoms with Gasteiger partial charge in [-0.2, -0.15) is 0 Å². The maximum Gasteiger partial charge on any atom is 0.412 e. The van der Waals surface area contributed by atoms with E-state index in [-0.39, 0.29) is 6.61 Å². The predicted molar refractivity (Wildman–Crippen MR) is 59.9 cm³/mol. The number of aliphatic hydroxyl groups excluding tert-OH is 1. The van der Waals surface area contributed by atoms with E-state index in [1.165, 1.54) is 0 Å². The van der Waals surface area contributed by atoms with Crippen molar-refractivity contribution in [2.45, 2.75) is 6.42 Å². The number of benzene rings is 1. The molecule has 0 spiro atoms. The van der Waals surface area contributed by atoms with Crippen molar-refractivity contribution in [2.75, 3.05) is 13.2 Å². The van der Waals surface area contributed by atoms with Gasteiger partial charge in [-0.05, 0) is 30.7 Å². The fourth-order valence-corrected chi connectivity index (χ4v) is 1.18. The molecular formula is C10H12BrNO3. The van der Waals surface area contributed by atoms with Crippen LogP contribution in [0.5, 0.6) is 5.75 Å². The SMILES string of the molecule is O=C(NCCCO)Oc1ccc(Br)cc1. The average molecular weight is 274 g/mol. The molecule has 1 amide bonds. The summed E-state index contributed by atoms with van der Waals surface area (Å²) in [6, 6.07) is 6.96. The number of nitrogens with one attached hydrogen (secondary N) is 1. The molecule has 0 aliphatic carbocycles. The second-order valence-corrected chi connectivity index (χ2v) is 3.76. The van der Waals surface area contributed by atoms with Crippen molar-refractivity contribution in [1.82, 2.24) is 5.32 Å². The zero-order valence-electron chi connectivity index (χ0n) is 8.07.